The fourth-order valence-electron chi connectivity index (χ4n) is 3.94. The van der Waals surface area contributed by atoms with Gasteiger partial charge in [0.15, 0.2) is 5.54 Å². The Kier molecular flexibility index (Phi) is 5.77. The van der Waals surface area contributed by atoms with Crippen LogP contribution in [-0.4, -0.2) is 29.3 Å². The Hall–Kier alpha value is -3.93. The molecule has 0 aromatic heterocycles. The Morgan fingerprint density at radius 3 is 2.19 bits per heavy atom. The zero-order valence-electron chi connectivity index (χ0n) is 18.1. The lowest BCUT2D eigenvalue weighted by molar-refractivity contribution is -0.134. The minimum atomic E-state index is -1.38. The van der Waals surface area contributed by atoms with Crippen molar-refractivity contribution in [2.24, 2.45) is 0 Å². The predicted octanol–water partition coefficient (Wildman–Crippen LogP) is 3.42. The molecule has 4 rings (SSSR count). The smallest absolute Gasteiger partial charge is 0.326 e. The molecular formula is C26H25N3O3. The van der Waals surface area contributed by atoms with Gasteiger partial charge in [0.25, 0.3) is 5.91 Å². The Morgan fingerprint density at radius 2 is 1.53 bits per heavy atom. The van der Waals surface area contributed by atoms with Crippen LogP contribution in [-0.2, 0) is 21.7 Å². The highest BCUT2D eigenvalue weighted by Crippen LogP contribution is 2.36. The second kappa shape index (κ2) is 8.67. The second-order valence-corrected chi connectivity index (χ2v) is 8.00. The summed E-state index contributed by atoms with van der Waals surface area (Å²) in [5, 5.41) is 5.66. The number of carbonyl (C=O) groups is 3. The van der Waals surface area contributed by atoms with E-state index in [0.29, 0.717) is 17.7 Å². The molecule has 0 aliphatic carbocycles. The maximum Gasteiger partial charge on any atom is 0.326 e. The number of nitrogens with one attached hydrogen (secondary N) is 2. The molecule has 0 saturated carbocycles. The van der Waals surface area contributed by atoms with Gasteiger partial charge in [0.2, 0.25) is 5.91 Å². The topological polar surface area (TPSA) is 78.5 Å². The van der Waals surface area contributed by atoms with Gasteiger partial charge in [-0.15, -0.1) is 0 Å². The van der Waals surface area contributed by atoms with Crippen molar-refractivity contribution in [3.8, 4) is 0 Å². The van der Waals surface area contributed by atoms with Crippen molar-refractivity contribution >= 4 is 17.8 Å². The maximum absolute atomic E-state index is 13.7. The highest BCUT2D eigenvalue weighted by molar-refractivity contribution is 6.11. The molecule has 1 heterocycles. The number of imide groups is 1. The van der Waals surface area contributed by atoms with Crippen LogP contribution in [0.4, 0.5) is 4.79 Å². The summed E-state index contributed by atoms with van der Waals surface area (Å²) in [6, 6.07) is 23.7. The van der Waals surface area contributed by atoms with Crippen molar-refractivity contribution in [2.75, 3.05) is 6.54 Å². The molecule has 1 fully saturated rings. The van der Waals surface area contributed by atoms with Crippen LogP contribution < -0.4 is 10.6 Å². The van der Waals surface area contributed by atoms with Gasteiger partial charge in [0.1, 0.15) is 6.54 Å². The molecule has 1 aliphatic heterocycles. The molecule has 3 aromatic rings. The van der Waals surface area contributed by atoms with Gasteiger partial charge < -0.3 is 10.6 Å². The van der Waals surface area contributed by atoms with Crippen LogP contribution >= 0.6 is 0 Å². The van der Waals surface area contributed by atoms with E-state index in [4.69, 9.17) is 0 Å². The number of carbonyl (C=O) groups excluding carboxylic acids is 3. The van der Waals surface area contributed by atoms with Gasteiger partial charge in [-0.05, 0) is 41.7 Å². The van der Waals surface area contributed by atoms with Gasteiger partial charge >= 0.3 is 6.03 Å². The van der Waals surface area contributed by atoms with Crippen LogP contribution in [0.15, 0.2) is 78.9 Å². The Balaban J connectivity index is 1.63. The van der Waals surface area contributed by atoms with E-state index in [1.165, 1.54) is 0 Å². The van der Waals surface area contributed by atoms with Crippen LogP contribution in [0.5, 0.6) is 0 Å². The fraction of sp³-hybridized carbons (Fsp3) is 0.192. The Morgan fingerprint density at radius 1 is 0.875 bits per heavy atom. The molecule has 0 spiro atoms. The first-order valence-corrected chi connectivity index (χ1v) is 10.5. The zero-order valence-corrected chi connectivity index (χ0v) is 18.1. The minimum absolute atomic E-state index is 0.324. The van der Waals surface area contributed by atoms with Gasteiger partial charge in [-0.1, -0.05) is 78.9 Å². The number of urea groups is 1. The number of hydrogen-bond acceptors (Lipinski definition) is 3. The van der Waals surface area contributed by atoms with Gasteiger partial charge in [-0.25, -0.2) is 4.79 Å². The first-order chi connectivity index (χ1) is 15.4. The third-order valence-electron chi connectivity index (χ3n) is 5.89. The largest absolute Gasteiger partial charge is 0.350 e. The minimum Gasteiger partial charge on any atom is -0.350 e. The summed E-state index contributed by atoms with van der Waals surface area (Å²) in [4.78, 5) is 40.2. The van der Waals surface area contributed by atoms with Crippen LogP contribution in [0.1, 0.15) is 27.8 Å². The van der Waals surface area contributed by atoms with E-state index in [2.05, 4.69) is 10.6 Å². The molecule has 6 nitrogen and oxygen atoms in total. The van der Waals surface area contributed by atoms with Gasteiger partial charge in [-0.2, -0.15) is 0 Å². The summed E-state index contributed by atoms with van der Waals surface area (Å²) < 4.78 is 0. The maximum atomic E-state index is 13.7. The standard InChI is InChI=1S/C26H25N3O3/c1-18-13-14-22(15-19(18)2)26(21-11-7-4-8-12-21)24(31)29(25(32)28-26)17-23(30)27-16-20-9-5-3-6-10-20/h3-15H,16-17H2,1-2H3,(H,27,30)(H,28,32)/t26-/m1/s1. The van der Waals surface area contributed by atoms with Crippen molar-refractivity contribution in [2.45, 2.75) is 25.9 Å². The van der Waals surface area contributed by atoms with E-state index in [1.54, 1.807) is 0 Å². The van der Waals surface area contributed by atoms with E-state index in [1.807, 2.05) is 92.7 Å². The van der Waals surface area contributed by atoms with Crippen LogP contribution in [0.3, 0.4) is 0 Å². The summed E-state index contributed by atoms with van der Waals surface area (Å²) in [6.45, 7) is 3.93. The summed E-state index contributed by atoms with van der Waals surface area (Å²) in [7, 11) is 0. The monoisotopic (exact) mass is 427 g/mol. The Labute approximate surface area is 187 Å². The molecule has 0 radical (unpaired) electrons. The van der Waals surface area contributed by atoms with Crippen molar-refractivity contribution in [3.63, 3.8) is 0 Å². The SMILES string of the molecule is Cc1ccc([C@@]2(c3ccccc3)NC(=O)N(CC(=O)NCc3ccccc3)C2=O)cc1C. The molecule has 1 saturated heterocycles. The van der Waals surface area contributed by atoms with E-state index >= 15 is 0 Å². The molecule has 1 atom stereocenters. The third kappa shape index (κ3) is 3.87. The molecule has 32 heavy (non-hydrogen) atoms. The molecule has 162 valence electrons. The molecular weight excluding hydrogens is 402 g/mol. The Bertz CT molecular complexity index is 1160. The second-order valence-electron chi connectivity index (χ2n) is 8.00. The number of aryl methyl sites for hydroxylation is 2. The van der Waals surface area contributed by atoms with Gasteiger partial charge in [0.05, 0.1) is 0 Å². The lowest BCUT2D eigenvalue weighted by atomic mass is 9.81. The summed E-state index contributed by atoms with van der Waals surface area (Å²) >= 11 is 0. The average molecular weight is 428 g/mol. The lowest BCUT2D eigenvalue weighted by Gasteiger charge is -2.28. The number of rotatable bonds is 6. The van der Waals surface area contributed by atoms with Gasteiger partial charge in [0, 0.05) is 6.54 Å². The molecule has 1 aliphatic rings. The molecule has 4 amide bonds. The van der Waals surface area contributed by atoms with Gasteiger partial charge in [-0.3, -0.25) is 14.5 Å². The lowest BCUT2D eigenvalue weighted by Crippen LogP contribution is -2.46. The molecule has 0 unspecified atom stereocenters. The van der Waals surface area contributed by atoms with Crippen molar-refractivity contribution in [1.29, 1.82) is 0 Å². The highest BCUT2D eigenvalue weighted by Gasteiger charge is 2.54. The van der Waals surface area contributed by atoms with E-state index in [0.717, 1.165) is 21.6 Å². The zero-order chi connectivity index (χ0) is 22.7. The van der Waals surface area contributed by atoms with Crippen molar-refractivity contribution in [1.82, 2.24) is 15.5 Å². The fourth-order valence-corrected chi connectivity index (χ4v) is 3.94. The van der Waals surface area contributed by atoms with Crippen LogP contribution in [0, 0.1) is 13.8 Å². The van der Waals surface area contributed by atoms with E-state index < -0.39 is 23.4 Å². The summed E-state index contributed by atoms with van der Waals surface area (Å²) in [5.74, 6) is -0.867. The first kappa shape index (κ1) is 21.3. The van der Waals surface area contributed by atoms with Crippen molar-refractivity contribution in [3.05, 3.63) is 107 Å². The molecule has 0 bridgehead atoms. The first-order valence-electron chi connectivity index (χ1n) is 10.5. The number of amides is 4. The summed E-state index contributed by atoms with van der Waals surface area (Å²) in [6.07, 6.45) is 0. The average Bonchev–Trinajstić information content (AvgIpc) is 3.06. The normalized spacial score (nSPS) is 17.9. The van der Waals surface area contributed by atoms with Crippen LogP contribution in [0.2, 0.25) is 0 Å². The van der Waals surface area contributed by atoms with Crippen molar-refractivity contribution < 1.29 is 14.4 Å². The summed E-state index contributed by atoms with van der Waals surface area (Å²) in [5.41, 5.74) is 2.97. The molecule has 3 aromatic carbocycles. The van der Waals surface area contributed by atoms with E-state index in [9.17, 15) is 14.4 Å². The van der Waals surface area contributed by atoms with E-state index in [-0.39, 0.29) is 6.54 Å². The molecule has 2 N–H and O–H groups in total. The predicted molar refractivity (Wildman–Crippen MR) is 122 cm³/mol. The third-order valence-corrected chi connectivity index (χ3v) is 5.89. The highest BCUT2D eigenvalue weighted by atomic mass is 16.2. The quantitative estimate of drug-likeness (QED) is 0.592. The molecule has 6 heteroatoms. The number of hydrogen-bond donors (Lipinski definition) is 2. The number of nitrogens with zero attached hydrogens (tertiary/aromatic N) is 1. The van der Waals surface area contributed by atoms with Crippen LogP contribution in [0.25, 0.3) is 0 Å². The number of benzene rings is 3.